The van der Waals surface area contributed by atoms with Gasteiger partial charge in [-0.15, -0.1) is 0 Å². The number of methoxy groups -OCH3 is 1. The molecule has 33 heavy (non-hydrogen) atoms. The van der Waals surface area contributed by atoms with Gasteiger partial charge >= 0.3 is 0 Å². The zero-order valence-corrected chi connectivity index (χ0v) is 18.6. The first-order valence-electron chi connectivity index (χ1n) is 10.2. The lowest BCUT2D eigenvalue weighted by atomic mass is 10.1. The van der Waals surface area contributed by atoms with Gasteiger partial charge in [0.2, 0.25) is 0 Å². The molecule has 7 nitrogen and oxygen atoms in total. The number of benzene rings is 2. The number of nitrogens with one attached hydrogen (secondary N) is 2. The molecule has 8 heteroatoms. The molecule has 0 fully saturated rings. The van der Waals surface area contributed by atoms with E-state index in [2.05, 4.69) is 26.7 Å². The van der Waals surface area contributed by atoms with Crippen LogP contribution in [0.25, 0.3) is 10.9 Å². The average molecular weight is 458 g/mol. The number of hydrogen-bond acceptors (Lipinski definition) is 6. The number of fused-ring (bicyclic) bond motifs is 1. The van der Waals surface area contributed by atoms with E-state index in [1.165, 1.54) is 6.20 Å². The summed E-state index contributed by atoms with van der Waals surface area (Å²) in [5.41, 5.74) is 3.75. The van der Waals surface area contributed by atoms with Crippen molar-refractivity contribution in [2.75, 3.05) is 12.4 Å². The monoisotopic (exact) mass is 457 g/mol. The minimum Gasteiger partial charge on any atom is -0.495 e. The molecule has 0 unspecified atom stereocenters. The summed E-state index contributed by atoms with van der Waals surface area (Å²) in [6, 6.07) is 18.3. The van der Waals surface area contributed by atoms with Crippen LogP contribution in [0, 0.1) is 11.3 Å². The molecule has 0 radical (unpaired) electrons. The average Bonchev–Trinajstić information content (AvgIpc) is 2.86. The third-order valence-electron chi connectivity index (χ3n) is 5.08. The number of nitrogens with zero attached hydrogens (tertiary/aromatic N) is 3. The summed E-state index contributed by atoms with van der Waals surface area (Å²) in [6.07, 6.45) is 3.21. The van der Waals surface area contributed by atoms with Crippen molar-refractivity contribution in [2.45, 2.75) is 13.1 Å². The van der Waals surface area contributed by atoms with Crippen LogP contribution in [0.15, 0.2) is 67.0 Å². The lowest BCUT2D eigenvalue weighted by Gasteiger charge is -2.15. The van der Waals surface area contributed by atoms with E-state index in [1.807, 2.05) is 24.3 Å². The lowest BCUT2D eigenvalue weighted by Crippen LogP contribution is -2.24. The smallest absolute Gasteiger partial charge is 0.255 e. The van der Waals surface area contributed by atoms with Gasteiger partial charge in [0, 0.05) is 24.3 Å². The van der Waals surface area contributed by atoms with E-state index in [0.29, 0.717) is 45.0 Å². The van der Waals surface area contributed by atoms with Crippen LogP contribution < -0.4 is 15.4 Å². The Kier molecular flexibility index (Phi) is 6.67. The molecule has 2 aromatic carbocycles. The summed E-state index contributed by atoms with van der Waals surface area (Å²) < 4.78 is 5.21. The van der Waals surface area contributed by atoms with Gasteiger partial charge in [0.15, 0.2) is 0 Å². The quantitative estimate of drug-likeness (QED) is 0.417. The summed E-state index contributed by atoms with van der Waals surface area (Å²) in [7, 11) is 1.56. The van der Waals surface area contributed by atoms with Gasteiger partial charge in [-0.3, -0.25) is 14.8 Å². The van der Waals surface area contributed by atoms with Crippen molar-refractivity contribution in [3.8, 4) is 11.8 Å². The van der Waals surface area contributed by atoms with Crippen molar-refractivity contribution in [1.29, 1.82) is 5.26 Å². The number of pyridine rings is 2. The molecule has 2 heterocycles. The van der Waals surface area contributed by atoms with E-state index in [9.17, 15) is 10.1 Å². The molecule has 0 atom stereocenters. The Balaban J connectivity index is 1.67. The summed E-state index contributed by atoms with van der Waals surface area (Å²) in [6.45, 7) is 0.684. The number of halogens is 1. The summed E-state index contributed by atoms with van der Waals surface area (Å²) in [5, 5.41) is 16.8. The molecular formula is C25H20ClN5O2. The van der Waals surface area contributed by atoms with E-state index in [1.54, 1.807) is 43.6 Å². The molecule has 0 bridgehead atoms. The highest BCUT2D eigenvalue weighted by molar-refractivity contribution is 6.32. The second-order valence-electron chi connectivity index (χ2n) is 7.22. The molecule has 164 valence electrons. The fourth-order valence-electron chi connectivity index (χ4n) is 3.40. The molecule has 0 saturated heterocycles. The van der Waals surface area contributed by atoms with Crippen LogP contribution in [0.1, 0.15) is 27.2 Å². The highest BCUT2D eigenvalue weighted by Gasteiger charge is 2.16. The lowest BCUT2D eigenvalue weighted by molar-refractivity contribution is 0.0951. The zero-order chi connectivity index (χ0) is 23.2. The predicted octanol–water partition coefficient (Wildman–Crippen LogP) is 4.71. The Bertz CT molecular complexity index is 1350. The fraction of sp³-hybridized carbons (Fsp3) is 0.120. The van der Waals surface area contributed by atoms with E-state index >= 15 is 0 Å². The number of rotatable bonds is 7. The molecule has 2 N–H and O–H groups in total. The number of ether oxygens (including phenoxy) is 1. The van der Waals surface area contributed by atoms with Crippen LogP contribution in [0.2, 0.25) is 5.02 Å². The highest BCUT2D eigenvalue weighted by Crippen LogP contribution is 2.29. The first-order valence-corrected chi connectivity index (χ1v) is 10.5. The first kappa shape index (κ1) is 22.1. The Morgan fingerprint density at radius 3 is 2.73 bits per heavy atom. The van der Waals surface area contributed by atoms with Crippen molar-refractivity contribution < 1.29 is 9.53 Å². The van der Waals surface area contributed by atoms with Crippen molar-refractivity contribution in [3.63, 3.8) is 0 Å². The van der Waals surface area contributed by atoms with E-state index in [4.69, 9.17) is 16.3 Å². The van der Waals surface area contributed by atoms with Gasteiger partial charge in [0.05, 0.1) is 52.8 Å². The maximum atomic E-state index is 13.1. The highest BCUT2D eigenvalue weighted by atomic mass is 35.5. The minimum atomic E-state index is -0.298. The maximum absolute atomic E-state index is 13.1. The third-order valence-corrected chi connectivity index (χ3v) is 5.38. The SMILES string of the molecule is COc1ccc(CNc2c(C(=O)NCc3ccccn3)cnc3ccc(C#N)cc23)cc1Cl. The maximum Gasteiger partial charge on any atom is 0.255 e. The molecule has 0 aliphatic rings. The Morgan fingerprint density at radius 2 is 2.00 bits per heavy atom. The molecule has 0 aliphatic carbocycles. The van der Waals surface area contributed by atoms with E-state index in [-0.39, 0.29) is 12.5 Å². The molecule has 1 amide bonds. The molecule has 0 saturated carbocycles. The Hall–Kier alpha value is -4.15. The summed E-state index contributed by atoms with van der Waals surface area (Å²) >= 11 is 6.26. The number of carbonyl (C=O) groups excluding carboxylic acids is 1. The van der Waals surface area contributed by atoms with Crippen LogP contribution in [0.3, 0.4) is 0 Å². The van der Waals surface area contributed by atoms with Gasteiger partial charge in [0.1, 0.15) is 5.75 Å². The second kappa shape index (κ2) is 9.98. The topological polar surface area (TPSA) is 99.9 Å². The van der Waals surface area contributed by atoms with E-state index in [0.717, 1.165) is 11.3 Å². The first-order chi connectivity index (χ1) is 16.1. The van der Waals surface area contributed by atoms with Crippen molar-refractivity contribution in [3.05, 3.63) is 94.4 Å². The number of hydrogen-bond donors (Lipinski definition) is 2. The second-order valence-corrected chi connectivity index (χ2v) is 7.62. The van der Waals surface area contributed by atoms with Gasteiger partial charge in [0.25, 0.3) is 5.91 Å². The number of aromatic nitrogens is 2. The van der Waals surface area contributed by atoms with Crippen molar-refractivity contribution in [1.82, 2.24) is 15.3 Å². The van der Waals surface area contributed by atoms with Gasteiger partial charge in [-0.2, -0.15) is 5.26 Å². The van der Waals surface area contributed by atoms with Crippen LogP contribution in [0.5, 0.6) is 5.75 Å². The minimum absolute atomic E-state index is 0.281. The number of anilines is 1. The molecule has 0 aliphatic heterocycles. The van der Waals surface area contributed by atoms with Crippen LogP contribution >= 0.6 is 11.6 Å². The molecule has 4 aromatic rings. The zero-order valence-electron chi connectivity index (χ0n) is 17.8. The Labute approximate surface area is 196 Å². The fourth-order valence-corrected chi connectivity index (χ4v) is 3.68. The number of carbonyl (C=O) groups is 1. The molecular weight excluding hydrogens is 438 g/mol. The number of nitriles is 1. The standard InChI is InChI=1S/C25H20ClN5O2/c1-33-23-8-6-17(11-21(23)26)13-30-24-19-10-16(12-27)5-7-22(19)29-15-20(24)25(32)31-14-18-4-2-3-9-28-18/h2-11,15H,13-14H2,1H3,(H,29,30)(H,31,32). The predicted molar refractivity (Wildman–Crippen MR) is 127 cm³/mol. The van der Waals surface area contributed by atoms with Gasteiger partial charge in [-0.1, -0.05) is 23.7 Å². The van der Waals surface area contributed by atoms with E-state index < -0.39 is 0 Å². The number of amides is 1. The van der Waals surface area contributed by atoms with Crippen LogP contribution in [-0.4, -0.2) is 23.0 Å². The van der Waals surface area contributed by atoms with Crippen LogP contribution in [-0.2, 0) is 13.1 Å². The molecule has 0 spiro atoms. The summed E-state index contributed by atoms with van der Waals surface area (Å²) in [5.74, 6) is 0.288. The van der Waals surface area contributed by atoms with Crippen LogP contribution in [0.4, 0.5) is 5.69 Å². The summed E-state index contributed by atoms with van der Waals surface area (Å²) in [4.78, 5) is 21.7. The Morgan fingerprint density at radius 1 is 1.12 bits per heavy atom. The molecule has 2 aromatic heterocycles. The van der Waals surface area contributed by atoms with Gasteiger partial charge in [-0.05, 0) is 48.0 Å². The third kappa shape index (κ3) is 5.03. The van der Waals surface area contributed by atoms with Gasteiger partial charge in [-0.25, -0.2) is 0 Å². The van der Waals surface area contributed by atoms with Crippen molar-refractivity contribution >= 4 is 34.1 Å². The van der Waals surface area contributed by atoms with Gasteiger partial charge < -0.3 is 15.4 Å². The largest absolute Gasteiger partial charge is 0.495 e. The van der Waals surface area contributed by atoms with Crippen molar-refractivity contribution in [2.24, 2.45) is 0 Å². The molecule has 4 rings (SSSR count). The normalized spacial score (nSPS) is 10.5.